The van der Waals surface area contributed by atoms with Gasteiger partial charge in [-0.1, -0.05) is 0 Å². The van der Waals surface area contributed by atoms with Gasteiger partial charge in [-0.25, -0.2) is 4.98 Å². The number of hydrogen-bond donors (Lipinski definition) is 1. The Morgan fingerprint density at radius 1 is 1.46 bits per heavy atom. The predicted octanol–water partition coefficient (Wildman–Crippen LogP) is 2.16. The first-order chi connectivity index (χ1) is 6.29. The first-order valence-electron chi connectivity index (χ1n) is 3.69. The fourth-order valence-electron chi connectivity index (χ4n) is 1.13. The molecular formula is C9H5N3S. The van der Waals surface area contributed by atoms with Crippen LogP contribution in [0, 0.1) is 16.1 Å². The highest BCUT2D eigenvalue weighted by Crippen LogP contribution is 2.11. The van der Waals surface area contributed by atoms with E-state index in [2.05, 4.69) is 16.0 Å². The number of aromatic nitrogens is 2. The van der Waals surface area contributed by atoms with Crippen molar-refractivity contribution in [1.29, 1.82) is 5.26 Å². The molecule has 0 aliphatic heterocycles. The molecule has 0 atom stereocenters. The molecule has 0 amide bonds. The molecule has 2 aromatic rings. The van der Waals surface area contributed by atoms with Crippen LogP contribution in [0.4, 0.5) is 0 Å². The van der Waals surface area contributed by atoms with Crippen molar-refractivity contribution in [2.45, 2.75) is 0 Å². The van der Waals surface area contributed by atoms with E-state index in [0.29, 0.717) is 10.3 Å². The van der Waals surface area contributed by atoms with E-state index in [9.17, 15) is 0 Å². The summed E-state index contributed by atoms with van der Waals surface area (Å²) in [5.74, 6) is 0. The second-order valence-electron chi connectivity index (χ2n) is 2.60. The molecule has 62 valence electrons. The summed E-state index contributed by atoms with van der Waals surface area (Å²) in [6.45, 7) is 0. The van der Waals surface area contributed by atoms with E-state index in [1.807, 2.05) is 6.07 Å². The quantitative estimate of drug-likeness (QED) is 0.643. The predicted molar refractivity (Wildman–Crippen MR) is 51.6 cm³/mol. The van der Waals surface area contributed by atoms with Gasteiger partial charge in [0.2, 0.25) is 0 Å². The van der Waals surface area contributed by atoms with E-state index in [1.165, 1.54) is 0 Å². The van der Waals surface area contributed by atoms with Gasteiger partial charge in [-0.05, 0) is 30.4 Å². The van der Waals surface area contributed by atoms with Crippen LogP contribution in [0.2, 0.25) is 0 Å². The fraction of sp³-hybridized carbons (Fsp3) is 0. The highest BCUT2D eigenvalue weighted by atomic mass is 32.1. The number of fused-ring (bicyclic) bond motifs is 1. The Hall–Kier alpha value is -1.73. The Labute approximate surface area is 79.7 Å². The van der Waals surface area contributed by atoms with Crippen LogP contribution in [0.25, 0.3) is 10.9 Å². The summed E-state index contributed by atoms with van der Waals surface area (Å²) in [4.78, 5) is 6.87. The smallest absolute Gasteiger partial charge is 0.197 e. The van der Waals surface area contributed by atoms with Gasteiger partial charge in [0.25, 0.3) is 0 Å². The van der Waals surface area contributed by atoms with Gasteiger partial charge in [0.1, 0.15) is 0 Å². The standard InChI is InChI=1S/C9H5N3S/c10-4-6-1-2-8-7(3-6)5-11-9(13)12-8/h1-3,5H,(H,11,12,13). The number of nitrogens with zero attached hydrogens (tertiary/aromatic N) is 2. The minimum Gasteiger partial charge on any atom is -0.330 e. The second-order valence-corrected chi connectivity index (χ2v) is 2.99. The van der Waals surface area contributed by atoms with Crippen molar-refractivity contribution in [2.24, 2.45) is 0 Å². The van der Waals surface area contributed by atoms with Gasteiger partial charge >= 0.3 is 0 Å². The lowest BCUT2D eigenvalue weighted by Gasteiger charge is -1.96. The number of rotatable bonds is 0. The Kier molecular flexibility index (Phi) is 1.80. The Balaban J connectivity index is 2.82. The molecule has 0 spiro atoms. The summed E-state index contributed by atoms with van der Waals surface area (Å²) in [7, 11) is 0. The van der Waals surface area contributed by atoms with Crippen molar-refractivity contribution in [3.05, 3.63) is 34.7 Å². The van der Waals surface area contributed by atoms with Crippen molar-refractivity contribution in [3.63, 3.8) is 0 Å². The SMILES string of the molecule is N#Cc1ccc2[nH]c(=S)ncc2c1. The largest absolute Gasteiger partial charge is 0.330 e. The van der Waals surface area contributed by atoms with Crippen molar-refractivity contribution in [2.75, 3.05) is 0 Å². The molecule has 0 radical (unpaired) electrons. The summed E-state index contributed by atoms with van der Waals surface area (Å²) >= 11 is 4.87. The third-order valence-corrected chi connectivity index (χ3v) is 1.95. The maximum Gasteiger partial charge on any atom is 0.197 e. The lowest BCUT2D eigenvalue weighted by molar-refractivity contribution is 1.18. The summed E-state index contributed by atoms with van der Waals surface area (Å²) in [6.07, 6.45) is 1.66. The van der Waals surface area contributed by atoms with E-state index in [-0.39, 0.29) is 0 Å². The van der Waals surface area contributed by atoms with Crippen molar-refractivity contribution in [3.8, 4) is 6.07 Å². The minimum absolute atomic E-state index is 0.456. The first-order valence-corrected chi connectivity index (χ1v) is 4.09. The molecular weight excluding hydrogens is 182 g/mol. The molecule has 0 unspecified atom stereocenters. The summed E-state index contributed by atoms with van der Waals surface area (Å²) in [5.41, 5.74) is 1.53. The molecule has 13 heavy (non-hydrogen) atoms. The maximum atomic E-state index is 8.65. The number of benzene rings is 1. The van der Waals surface area contributed by atoms with E-state index < -0.39 is 0 Å². The van der Waals surface area contributed by atoms with Crippen LogP contribution >= 0.6 is 12.2 Å². The summed E-state index contributed by atoms with van der Waals surface area (Å²) < 4.78 is 0.456. The normalized spacial score (nSPS) is 9.77. The molecule has 0 aliphatic rings. The maximum absolute atomic E-state index is 8.65. The zero-order valence-corrected chi connectivity index (χ0v) is 7.43. The zero-order valence-electron chi connectivity index (χ0n) is 6.61. The minimum atomic E-state index is 0.456. The number of nitriles is 1. The van der Waals surface area contributed by atoms with Crippen LogP contribution in [-0.2, 0) is 0 Å². The molecule has 3 nitrogen and oxygen atoms in total. The van der Waals surface area contributed by atoms with Crippen molar-refractivity contribution in [1.82, 2.24) is 9.97 Å². The van der Waals surface area contributed by atoms with Gasteiger partial charge in [-0.15, -0.1) is 0 Å². The Morgan fingerprint density at radius 3 is 3.08 bits per heavy atom. The highest BCUT2D eigenvalue weighted by Gasteiger charge is 1.95. The van der Waals surface area contributed by atoms with Crippen LogP contribution in [0.5, 0.6) is 0 Å². The van der Waals surface area contributed by atoms with E-state index >= 15 is 0 Å². The molecule has 1 heterocycles. The fourth-order valence-corrected chi connectivity index (χ4v) is 1.29. The number of nitrogens with one attached hydrogen (secondary N) is 1. The second kappa shape index (κ2) is 2.96. The molecule has 0 aliphatic carbocycles. The molecule has 2 rings (SSSR count). The van der Waals surface area contributed by atoms with E-state index in [1.54, 1.807) is 18.3 Å². The van der Waals surface area contributed by atoms with E-state index in [0.717, 1.165) is 10.9 Å². The van der Waals surface area contributed by atoms with Gasteiger partial charge in [-0.2, -0.15) is 5.26 Å². The zero-order chi connectivity index (χ0) is 9.26. The van der Waals surface area contributed by atoms with Gasteiger partial charge in [0.15, 0.2) is 4.77 Å². The van der Waals surface area contributed by atoms with Crippen molar-refractivity contribution < 1.29 is 0 Å². The molecule has 0 fully saturated rings. The average molecular weight is 187 g/mol. The Bertz CT molecular complexity index is 551. The summed E-state index contributed by atoms with van der Waals surface area (Å²) in [6, 6.07) is 7.41. The van der Waals surface area contributed by atoms with Crippen LogP contribution < -0.4 is 0 Å². The topological polar surface area (TPSA) is 52.5 Å². The molecule has 1 aromatic carbocycles. The van der Waals surface area contributed by atoms with E-state index in [4.69, 9.17) is 17.5 Å². The number of H-pyrrole nitrogens is 1. The van der Waals surface area contributed by atoms with Gasteiger partial charge in [0.05, 0.1) is 11.6 Å². The van der Waals surface area contributed by atoms with Crippen LogP contribution in [0.3, 0.4) is 0 Å². The molecule has 1 aromatic heterocycles. The lowest BCUT2D eigenvalue weighted by Crippen LogP contribution is -1.84. The number of hydrogen-bond acceptors (Lipinski definition) is 3. The van der Waals surface area contributed by atoms with Crippen molar-refractivity contribution >= 4 is 23.1 Å². The van der Waals surface area contributed by atoms with Gasteiger partial charge in [-0.3, -0.25) is 0 Å². The van der Waals surface area contributed by atoms with Gasteiger partial charge < -0.3 is 4.98 Å². The lowest BCUT2D eigenvalue weighted by atomic mass is 10.2. The van der Waals surface area contributed by atoms with Crippen LogP contribution in [-0.4, -0.2) is 9.97 Å². The Morgan fingerprint density at radius 2 is 2.31 bits per heavy atom. The molecule has 0 saturated carbocycles. The van der Waals surface area contributed by atoms with Gasteiger partial charge in [0, 0.05) is 17.1 Å². The third kappa shape index (κ3) is 1.42. The monoisotopic (exact) mass is 187 g/mol. The van der Waals surface area contributed by atoms with Crippen LogP contribution in [0.15, 0.2) is 24.4 Å². The van der Waals surface area contributed by atoms with Crippen LogP contribution in [0.1, 0.15) is 5.56 Å². The average Bonchev–Trinajstić information content (AvgIpc) is 2.17. The summed E-state index contributed by atoms with van der Waals surface area (Å²) in [5, 5.41) is 9.55. The molecule has 4 heteroatoms. The number of aromatic amines is 1. The highest BCUT2D eigenvalue weighted by molar-refractivity contribution is 7.71. The molecule has 0 saturated heterocycles. The third-order valence-electron chi connectivity index (χ3n) is 1.74. The first kappa shape index (κ1) is 7.90. The molecule has 1 N–H and O–H groups in total. The molecule has 0 bridgehead atoms.